The zero-order valence-corrected chi connectivity index (χ0v) is 10.5. The molecule has 94 valence electrons. The quantitative estimate of drug-likeness (QED) is 0.490. The van der Waals surface area contributed by atoms with Gasteiger partial charge in [0.1, 0.15) is 34.6 Å². The Morgan fingerprint density at radius 1 is 1.39 bits per heavy atom. The highest BCUT2D eigenvalue weighted by molar-refractivity contribution is 7.98. The topological polar surface area (TPSA) is 83.9 Å². The molecule has 0 saturated carbocycles. The highest BCUT2D eigenvalue weighted by Gasteiger charge is 2.24. The molecule has 7 heteroatoms. The van der Waals surface area contributed by atoms with E-state index in [0.717, 1.165) is 21.8 Å². The molecule has 2 aromatic rings. The van der Waals surface area contributed by atoms with Gasteiger partial charge >= 0.3 is 0 Å². The summed E-state index contributed by atoms with van der Waals surface area (Å²) in [6.45, 7) is -0.0237. The lowest BCUT2D eigenvalue weighted by Crippen LogP contribution is -2.12. The molecule has 0 radical (unpaired) electrons. The highest BCUT2D eigenvalue weighted by atomic mass is 32.2. The lowest BCUT2D eigenvalue weighted by molar-refractivity contribution is 0.0239. The van der Waals surface area contributed by atoms with Gasteiger partial charge in [0.15, 0.2) is 0 Å². The molecule has 0 aromatic carbocycles. The second-order valence-electron chi connectivity index (χ2n) is 3.88. The Labute approximate surface area is 107 Å². The summed E-state index contributed by atoms with van der Waals surface area (Å²) in [5.74, 6) is 0. The first-order valence-corrected chi connectivity index (χ1v) is 6.73. The van der Waals surface area contributed by atoms with Crippen molar-refractivity contribution in [3.8, 4) is 0 Å². The Morgan fingerprint density at radius 3 is 3.00 bits per heavy atom. The predicted octanol–water partition coefficient (Wildman–Crippen LogP) is 1.06. The van der Waals surface area contributed by atoms with Gasteiger partial charge in [-0.3, -0.25) is 5.10 Å². The number of nitrogens with one attached hydrogen (secondary N) is 1. The van der Waals surface area contributed by atoms with Gasteiger partial charge in [-0.15, -0.1) is 11.8 Å². The molecule has 2 atom stereocenters. The van der Waals surface area contributed by atoms with Crippen molar-refractivity contribution in [3.63, 3.8) is 0 Å². The van der Waals surface area contributed by atoms with Gasteiger partial charge in [-0.05, 0) is 6.26 Å². The second-order valence-corrected chi connectivity index (χ2v) is 4.67. The zero-order chi connectivity index (χ0) is 12.5. The summed E-state index contributed by atoms with van der Waals surface area (Å²) in [6.07, 6.45) is 6.72. The third-order valence-electron chi connectivity index (χ3n) is 2.81. The minimum atomic E-state index is -0.254. The second kappa shape index (κ2) is 4.68. The molecule has 6 nitrogen and oxygen atoms in total. The molecule has 1 aliphatic rings. The van der Waals surface area contributed by atoms with Crippen LogP contribution >= 0.6 is 11.8 Å². The van der Waals surface area contributed by atoms with Crippen LogP contribution in [0.3, 0.4) is 0 Å². The number of ether oxygens (including phenoxy) is 1. The smallest absolute Gasteiger partial charge is 0.143 e. The summed E-state index contributed by atoms with van der Waals surface area (Å²) >= 11 is 1.53. The maximum absolute atomic E-state index is 9.05. The SMILES string of the molecule is CSc1ncnc2c([C@H]3C=C[C@@H](CO)O3)[nH]nc12. The van der Waals surface area contributed by atoms with Crippen LogP contribution < -0.4 is 0 Å². The number of aliphatic hydroxyl groups excluding tert-OH is 1. The van der Waals surface area contributed by atoms with E-state index < -0.39 is 0 Å². The van der Waals surface area contributed by atoms with Crippen LogP contribution in [0, 0.1) is 0 Å². The van der Waals surface area contributed by atoms with Gasteiger partial charge in [-0.25, -0.2) is 9.97 Å². The average molecular weight is 264 g/mol. The molecule has 1 aliphatic heterocycles. The normalized spacial score (nSPS) is 23.0. The molecule has 0 amide bonds. The van der Waals surface area contributed by atoms with Crippen LogP contribution in [0.25, 0.3) is 11.0 Å². The fourth-order valence-corrected chi connectivity index (χ4v) is 2.44. The maximum Gasteiger partial charge on any atom is 0.143 e. The van der Waals surface area contributed by atoms with Gasteiger partial charge in [-0.2, -0.15) is 5.10 Å². The van der Waals surface area contributed by atoms with Crippen LogP contribution in [0.4, 0.5) is 0 Å². The first kappa shape index (κ1) is 11.6. The van der Waals surface area contributed by atoms with Crippen LogP contribution in [0.5, 0.6) is 0 Å². The van der Waals surface area contributed by atoms with E-state index in [1.54, 1.807) is 0 Å². The number of fused-ring (bicyclic) bond motifs is 1. The van der Waals surface area contributed by atoms with Gasteiger partial charge in [0, 0.05) is 0 Å². The monoisotopic (exact) mass is 264 g/mol. The van der Waals surface area contributed by atoms with Crippen molar-refractivity contribution in [3.05, 3.63) is 24.2 Å². The van der Waals surface area contributed by atoms with E-state index in [2.05, 4.69) is 20.2 Å². The molecular weight excluding hydrogens is 252 g/mol. The van der Waals surface area contributed by atoms with Crippen molar-refractivity contribution in [2.24, 2.45) is 0 Å². The molecular formula is C11H12N4O2S. The van der Waals surface area contributed by atoms with Gasteiger partial charge in [0.2, 0.25) is 0 Å². The van der Waals surface area contributed by atoms with Crippen LogP contribution in [-0.4, -0.2) is 44.2 Å². The summed E-state index contributed by atoms with van der Waals surface area (Å²) in [5, 5.41) is 17.1. The van der Waals surface area contributed by atoms with E-state index in [0.29, 0.717) is 0 Å². The molecule has 0 saturated heterocycles. The number of aromatic amines is 1. The first-order valence-electron chi connectivity index (χ1n) is 5.51. The lowest BCUT2D eigenvalue weighted by Gasteiger charge is -2.10. The Bertz CT molecular complexity index is 598. The number of nitrogens with zero attached hydrogens (tertiary/aromatic N) is 3. The highest BCUT2D eigenvalue weighted by Crippen LogP contribution is 2.31. The van der Waals surface area contributed by atoms with Crippen LogP contribution in [0.1, 0.15) is 11.8 Å². The Morgan fingerprint density at radius 2 is 2.28 bits per heavy atom. The van der Waals surface area contributed by atoms with Crippen molar-refractivity contribution in [1.82, 2.24) is 20.2 Å². The Kier molecular flexibility index (Phi) is 3.02. The number of hydrogen-bond donors (Lipinski definition) is 2. The van der Waals surface area contributed by atoms with E-state index in [1.165, 1.54) is 18.1 Å². The van der Waals surface area contributed by atoms with E-state index in [-0.39, 0.29) is 18.8 Å². The van der Waals surface area contributed by atoms with E-state index >= 15 is 0 Å². The fraction of sp³-hybridized carbons (Fsp3) is 0.364. The molecule has 18 heavy (non-hydrogen) atoms. The maximum atomic E-state index is 9.05. The number of H-pyrrole nitrogens is 1. The third kappa shape index (κ3) is 1.80. The molecule has 0 bridgehead atoms. The van der Waals surface area contributed by atoms with Crippen molar-refractivity contribution in [2.75, 3.05) is 12.9 Å². The summed E-state index contributed by atoms with van der Waals surface area (Å²) in [6, 6.07) is 0. The Balaban J connectivity index is 2.01. The van der Waals surface area contributed by atoms with Crippen molar-refractivity contribution < 1.29 is 9.84 Å². The van der Waals surface area contributed by atoms with Crippen LogP contribution in [0.2, 0.25) is 0 Å². The molecule has 0 unspecified atom stereocenters. The van der Waals surface area contributed by atoms with Gasteiger partial charge < -0.3 is 9.84 Å². The molecule has 3 rings (SSSR count). The number of aliphatic hydroxyl groups is 1. The molecule has 2 aromatic heterocycles. The van der Waals surface area contributed by atoms with Crippen LogP contribution in [0.15, 0.2) is 23.5 Å². The Hall–Kier alpha value is -1.44. The van der Waals surface area contributed by atoms with Gasteiger partial charge in [0.05, 0.1) is 12.3 Å². The first-order chi connectivity index (χ1) is 8.83. The standard InChI is InChI=1S/C11H12N4O2S/c1-18-11-10-9(12-5-13-11)8(14-15-10)7-3-2-6(4-16)17-7/h2-3,5-7,16H,4H2,1H3,(H,14,15)/t6-,7+/m0/s1. The molecule has 0 aliphatic carbocycles. The zero-order valence-electron chi connectivity index (χ0n) is 9.70. The molecule has 3 heterocycles. The average Bonchev–Trinajstić information content (AvgIpc) is 3.03. The molecule has 0 spiro atoms. The predicted molar refractivity (Wildman–Crippen MR) is 67.3 cm³/mol. The summed E-state index contributed by atoms with van der Waals surface area (Å²) in [4.78, 5) is 8.42. The third-order valence-corrected chi connectivity index (χ3v) is 3.50. The van der Waals surface area contributed by atoms with Gasteiger partial charge in [0.25, 0.3) is 0 Å². The fourth-order valence-electron chi connectivity index (χ4n) is 1.95. The van der Waals surface area contributed by atoms with E-state index in [4.69, 9.17) is 9.84 Å². The minimum absolute atomic E-state index is 0.0237. The largest absolute Gasteiger partial charge is 0.393 e. The van der Waals surface area contributed by atoms with Crippen molar-refractivity contribution in [2.45, 2.75) is 17.2 Å². The lowest BCUT2D eigenvalue weighted by atomic mass is 10.2. The minimum Gasteiger partial charge on any atom is -0.393 e. The molecule has 2 N–H and O–H groups in total. The summed E-state index contributed by atoms with van der Waals surface area (Å²) < 4.78 is 5.64. The van der Waals surface area contributed by atoms with Crippen LogP contribution in [-0.2, 0) is 4.74 Å². The van der Waals surface area contributed by atoms with E-state index in [9.17, 15) is 0 Å². The van der Waals surface area contributed by atoms with Gasteiger partial charge in [-0.1, -0.05) is 12.2 Å². The van der Waals surface area contributed by atoms with Crippen molar-refractivity contribution in [1.29, 1.82) is 0 Å². The summed E-state index contributed by atoms with van der Waals surface area (Å²) in [7, 11) is 0. The number of rotatable bonds is 3. The molecule has 0 fully saturated rings. The van der Waals surface area contributed by atoms with E-state index in [1.807, 2.05) is 18.4 Å². The number of thioether (sulfide) groups is 1. The van der Waals surface area contributed by atoms with Crippen molar-refractivity contribution >= 4 is 22.8 Å². The number of aromatic nitrogens is 4. The number of hydrogen-bond acceptors (Lipinski definition) is 6. The summed E-state index contributed by atoms with van der Waals surface area (Å²) in [5.41, 5.74) is 2.32.